The van der Waals surface area contributed by atoms with Crippen molar-refractivity contribution >= 4 is 27.5 Å². The first-order valence-electron chi connectivity index (χ1n) is 6.04. The van der Waals surface area contributed by atoms with Crippen LogP contribution < -0.4 is 10.1 Å². The summed E-state index contributed by atoms with van der Waals surface area (Å²) in [6, 6.07) is 5.55. The van der Waals surface area contributed by atoms with Gasteiger partial charge >= 0.3 is 0 Å². The Balaban J connectivity index is 2.24. The zero-order valence-corrected chi connectivity index (χ0v) is 13.2. The second kappa shape index (κ2) is 8.75. The Kier molecular flexibility index (Phi) is 7.66. The van der Waals surface area contributed by atoms with E-state index in [1.54, 1.807) is 0 Å². The maximum Gasteiger partial charge on any atom is 0.133 e. The maximum atomic E-state index is 5.87. The zero-order valence-electron chi connectivity index (χ0n) is 10.9. The van der Waals surface area contributed by atoms with Crippen LogP contribution in [0.2, 0.25) is 5.02 Å². The summed E-state index contributed by atoms with van der Waals surface area (Å²) >= 11 is 9.31. The highest BCUT2D eigenvalue weighted by Gasteiger charge is 2.03. The minimum atomic E-state index is 0.677. The number of nitrogens with one attached hydrogen (secondary N) is 1. The molecule has 0 unspecified atom stereocenters. The quantitative estimate of drug-likeness (QED) is 0.739. The van der Waals surface area contributed by atoms with Gasteiger partial charge < -0.3 is 15.0 Å². The second-order valence-corrected chi connectivity index (χ2v) is 5.47. The molecule has 1 N–H and O–H groups in total. The Bertz CT molecular complexity index is 363. The first kappa shape index (κ1) is 15.8. The smallest absolute Gasteiger partial charge is 0.133 e. The van der Waals surface area contributed by atoms with E-state index in [-0.39, 0.29) is 0 Å². The molecule has 0 amide bonds. The standard InChI is InChI=1S/C13H20BrClN2O/c1-16-6-3-7-17(2)8-9-18-13-5-4-11(15)10-12(13)14/h4-5,10,16H,3,6-9H2,1-2H3. The lowest BCUT2D eigenvalue weighted by molar-refractivity contribution is 0.235. The van der Waals surface area contributed by atoms with Crippen LogP contribution in [-0.4, -0.2) is 45.2 Å². The lowest BCUT2D eigenvalue weighted by Gasteiger charge is -2.17. The van der Waals surface area contributed by atoms with Crippen LogP contribution in [0.4, 0.5) is 0 Å². The number of ether oxygens (including phenoxy) is 1. The van der Waals surface area contributed by atoms with Gasteiger partial charge in [0.2, 0.25) is 0 Å². The van der Waals surface area contributed by atoms with E-state index in [0.717, 1.165) is 36.3 Å². The number of likely N-dealkylation sites (N-methyl/N-ethyl adjacent to an activating group) is 1. The fourth-order valence-electron chi connectivity index (χ4n) is 1.54. The van der Waals surface area contributed by atoms with E-state index in [1.807, 2.05) is 25.2 Å². The molecule has 0 saturated heterocycles. The maximum absolute atomic E-state index is 5.87. The summed E-state index contributed by atoms with van der Waals surface area (Å²) in [7, 11) is 4.08. The predicted octanol–water partition coefficient (Wildman–Crippen LogP) is 3.02. The number of hydrogen-bond donors (Lipinski definition) is 1. The molecule has 0 heterocycles. The molecule has 0 aliphatic rings. The van der Waals surface area contributed by atoms with Crippen molar-refractivity contribution in [3.8, 4) is 5.75 Å². The third kappa shape index (κ3) is 6.05. The van der Waals surface area contributed by atoms with Gasteiger partial charge in [-0.1, -0.05) is 11.6 Å². The van der Waals surface area contributed by atoms with E-state index in [9.17, 15) is 0 Å². The van der Waals surface area contributed by atoms with Crippen LogP contribution in [0.25, 0.3) is 0 Å². The van der Waals surface area contributed by atoms with Gasteiger partial charge in [-0.25, -0.2) is 0 Å². The SMILES string of the molecule is CNCCCN(C)CCOc1ccc(Cl)cc1Br. The molecule has 0 saturated carbocycles. The lowest BCUT2D eigenvalue weighted by atomic mass is 10.3. The molecule has 0 bridgehead atoms. The van der Waals surface area contributed by atoms with Gasteiger partial charge in [0, 0.05) is 11.6 Å². The first-order valence-corrected chi connectivity index (χ1v) is 7.21. The van der Waals surface area contributed by atoms with Crippen molar-refractivity contribution in [3.63, 3.8) is 0 Å². The average molecular weight is 336 g/mol. The minimum absolute atomic E-state index is 0.677. The van der Waals surface area contributed by atoms with Crippen molar-refractivity contribution < 1.29 is 4.74 Å². The summed E-state index contributed by atoms with van der Waals surface area (Å²) < 4.78 is 6.60. The Morgan fingerprint density at radius 3 is 2.83 bits per heavy atom. The van der Waals surface area contributed by atoms with Crippen molar-refractivity contribution in [2.75, 3.05) is 40.3 Å². The molecule has 0 atom stereocenters. The largest absolute Gasteiger partial charge is 0.491 e. The normalized spacial score (nSPS) is 10.9. The molecule has 1 rings (SSSR count). The summed E-state index contributed by atoms with van der Waals surface area (Å²) in [6.07, 6.45) is 1.15. The van der Waals surface area contributed by atoms with Gasteiger partial charge in [0.25, 0.3) is 0 Å². The molecule has 18 heavy (non-hydrogen) atoms. The van der Waals surface area contributed by atoms with E-state index in [4.69, 9.17) is 16.3 Å². The topological polar surface area (TPSA) is 24.5 Å². The molecule has 5 heteroatoms. The number of rotatable bonds is 8. The third-order valence-corrected chi connectivity index (χ3v) is 3.45. The highest BCUT2D eigenvalue weighted by molar-refractivity contribution is 9.10. The molecule has 0 aliphatic heterocycles. The highest BCUT2D eigenvalue weighted by atomic mass is 79.9. The molecule has 0 aliphatic carbocycles. The fraction of sp³-hybridized carbons (Fsp3) is 0.538. The Morgan fingerprint density at radius 1 is 1.39 bits per heavy atom. The van der Waals surface area contributed by atoms with E-state index < -0.39 is 0 Å². The van der Waals surface area contributed by atoms with Crippen molar-refractivity contribution in [2.24, 2.45) is 0 Å². The van der Waals surface area contributed by atoms with Crippen molar-refractivity contribution in [1.29, 1.82) is 0 Å². The molecule has 0 radical (unpaired) electrons. The first-order chi connectivity index (χ1) is 8.63. The minimum Gasteiger partial charge on any atom is -0.491 e. The summed E-state index contributed by atoms with van der Waals surface area (Å²) in [4.78, 5) is 2.27. The van der Waals surface area contributed by atoms with Crippen molar-refractivity contribution in [2.45, 2.75) is 6.42 Å². The average Bonchev–Trinajstić information content (AvgIpc) is 2.32. The van der Waals surface area contributed by atoms with Crippen LogP contribution in [0.3, 0.4) is 0 Å². The van der Waals surface area contributed by atoms with Gasteiger partial charge in [-0.05, 0) is 67.7 Å². The molecule has 0 aromatic heterocycles. The zero-order chi connectivity index (χ0) is 13.4. The Hall–Kier alpha value is -0.290. The summed E-state index contributed by atoms with van der Waals surface area (Å²) in [5, 5.41) is 3.85. The number of benzene rings is 1. The second-order valence-electron chi connectivity index (χ2n) is 4.18. The van der Waals surface area contributed by atoms with Gasteiger partial charge in [0.15, 0.2) is 0 Å². The van der Waals surface area contributed by atoms with Crippen LogP contribution in [-0.2, 0) is 0 Å². The molecule has 102 valence electrons. The number of nitrogens with zero attached hydrogens (tertiary/aromatic N) is 1. The van der Waals surface area contributed by atoms with Gasteiger partial charge in [-0.3, -0.25) is 0 Å². The molecule has 0 fully saturated rings. The summed E-state index contributed by atoms with van der Waals surface area (Å²) in [6.45, 7) is 3.72. The summed E-state index contributed by atoms with van der Waals surface area (Å²) in [5.41, 5.74) is 0. The van der Waals surface area contributed by atoms with Crippen LogP contribution >= 0.6 is 27.5 Å². The number of halogens is 2. The fourth-order valence-corrected chi connectivity index (χ4v) is 2.34. The third-order valence-electron chi connectivity index (χ3n) is 2.59. The highest BCUT2D eigenvalue weighted by Crippen LogP contribution is 2.27. The molecule has 3 nitrogen and oxygen atoms in total. The van der Waals surface area contributed by atoms with Gasteiger partial charge in [0.1, 0.15) is 12.4 Å². The van der Waals surface area contributed by atoms with Gasteiger partial charge in [-0.15, -0.1) is 0 Å². The van der Waals surface area contributed by atoms with E-state index in [2.05, 4.69) is 33.2 Å². The Morgan fingerprint density at radius 2 is 2.17 bits per heavy atom. The van der Waals surface area contributed by atoms with E-state index in [1.165, 1.54) is 0 Å². The van der Waals surface area contributed by atoms with E-state index in [0.29, 0.717) is 11.6 Å². The molecule has 0 spiro atoms. The molecular formula is C13H20BrClN2O. The summed E-state index contributed by atoms with van der Waals surface area (Å²) in [5.74, 6) is 0.836. The van der Waals surface area contributed by atoms with Crippen molar-refractivity contribution in [1.82, 2.24) is 10.2 Å². The van der Waals surface area contributed by atoms with Crippen LogP contribution in [0.5, 0.6) is 5.75 Å². The van der Waals surface area contributed by atoms with Gasteiger partial charge in [0.05, 0.1) is 4.47 Å². The van der Waals surface area contributed by atoms with Crippen molar-refractivity contribution in [3.05, 3.63) is 27.7 Å². The van der Waals surface area contributed by atoms with Crippen LogP contribution in [0.1, 0.15) is 6.42 Å². The molecular weight excluding hydrogens is 316 g/mol. The lowest BCUT2D eigenvalue weighted by Crippen LogP contribution is -2.27. The van der Waals surface area contributed by atoms with Crippen LogP contribution in [0, 0.1) is 0 Å². The van der Waals surface area contributed by atoms with Gasteiger partial charge in [-0.2, -0.15) is 0 Å². The Labute approximate surface area is 123 Å². The van der Waals surface area contributed by atoms with Crippen LogP contribution in [0.15, 0.2) is 22.7 Å². The monoisotopic (exact) mass is 334 g/mol. The molecule has 1 aromatic carbocycles. The van der Waals surface area contributed by atoms with E-state index >= 15 is 0 Å². The number of hydrogen-bond acceptors (Lipinski definition) is 3. The predicted molar refractivity (Wildman–Crippen MR) is 80.7 cm³/mol. The molecule has 1 aromatic rings.